The van der Waals surface area contributed by atoms with Gasteiger partial charge in [0.2, 0.25) is 0 Å². The van der Waals surface area contributed by atoms with E-state index in [1.165, 1.54) is 7.11 Å². The molecule has 7 heteroatoms. The largest absolute Gasteiger partial charge is 0.493 e. The Balaban J connectivity index is 1.77. The van der Waals surface area contributed by atoms with Crippen molar-refractivity contribution in [3.05, 3.63) is 64.5 Å². The van der Waals surface area contributed by atoms with Gasteiger partial charge in [0, 0.05) is 30.3 Å². The lowest BCUT2D eigenvalue weighted by Crippen LogP contribution is -2.12. The molecule has 4 rings (SSSR count). The summed E-state index contributed by atoms with van der Waals surface area (Å²) in [6, 6.07) is 9.15. The molecule has 0 radical (unpaired) electrons. The van der Waals surface area contributed by atoms with Crippen molar-refractivity contribution >= 4 is 21.9 Å². The van der Waals surface area contributed by atoms with E-state index in [0.29, 0.717) is 40.3 Å². The summed E-state index contributed by atoms with van der Waals surface area (Å²) in [6.07, 6.45) is 3.91. The van der Waals surface area contributed by atoms with Crippen LogP contribution in [0.4, 0.5) is 0 Å². The van der Waals surface area contributed by atoms with Gasteiger partial charge in [-0.2, -0.15) is 0 Å². The average Bonchev–Trinajstić information content (AvgIpc) is 2.67. The molecular formula is C19H16N4O3. The van der Waals surface area contributed by atoms with Gasteiger partial charge in [-0.15, -0.1) is 0 Å². The van der Waals surface area contributed by atoms with Crippen LogP contribution >= 0.6 is 0 Å². The molecule has 0 bridgehead atoms. The molecule has 0 amide bonds. The highest BCUT2D eigenvalue weighted by Crippen LogP contribution is 2.30. The van der Waals surface area contributed by atoms with Gasteiger partial charge in [0.1, 0.15) is 5.82 Å². The first-order chi connectivity index (χ1) is 12.7. The van der Waals surface area contributed by atoms with Crippen molar-refractivity contribution in [1.82, 2.24) is 19.9 Å². The van der Waals surface area contributed by atoms with Crippen molar-refractivity contribution in [3.8, 4) is 11.5 Å². The molecule has 3 aromatic heterocycles. The first-order valence-electron chi connectivity index (χ1n) is 8.02. The third-order valence-corrected chi connectivity index (χ3v) is 4.14. The monoisotopic (exact) mass is 348 g/mol. The molecule has 0 aliphatic rings. The SMILES string of the molecule is COc1cc2nc(Cc3cnc4ncccc4c3)[nH]c(=O)c2cc1OC. The van der Waals surface area contributed by atoms with Crippen LogP contribution in [0.5, 0.6) is 11.5 Å². The van der Waals surface area contributed by atoms with Crippen LogP contribution < -0.4 is 15.0 Å². The Kier molecular flexibility index (Phi) is 3.96. The lowest BCUT2D eigenvalue weighted by Gasteiger charge is -2.09. The Bertz CT molecular complexity index is 1170. The lowest BCUT2D eigenvalue weighted by molar-refractivity contribution is 0.355. The van der Waals surface area contributed by atoms with Crippen LogP contribution in [0.2, 0.25) is 0 Å². The number of aromatic nitrogens is 4. The number of methoxy groups -OCH3 is 2. The topological polar surface area (TPSA) is 90.0 Å². The van der Waals surface area contributed by atoms with E-state index >= 15 is 0 Å². The summed E-state index contributed by atoms with van der Waals surface area (Å²) in [7, 11) is 3.08. The summed E-state index contributed by atoms with van der Waals surface area (Å²) in [5.74, 6) is 1.58. The van der Waals surface area contributed by atoms with Gasteiger partial charge in [-0.3, -0.25) is 4.79 Å². The van der Waals surface area contributed by atoms with Crippen molar-refractivity contribution in [3.63, 3.8) is 0 Å². The molecule has 7 nitrogen and oxygen atoms in total. The van der Waals surface area contributed by atoms with Gasteiger partial charge >= 0.3 is 0 Å². The zero-order valence-corrected chi connectivity index (χ0v) is 14.3. The number of nitrogens with one attached hydrogen (secondary N) is 1. The number of ether oxygens (including phenoxy) is 2. The highest BCUT2D eigenvalue weighted by Gasteiger charge is 2.11. The number of aromatic amines is 1. The minimum Gasteiger partial charge on any atom is -0.493 e. The summed E-state index contributed by atoms with van der Waals surface area (Å²) >= 11 is 0. The maximum atomic E-state index is 12.5. The van der Waals surface area contributed by atoms with E-state index in [4.69, 9.17) is 9.47 Å². The predicted molar refractivity (Wildman–Crippen MR) is 97.8 cm³/mol. The van der Waals surface area contributed by atoms with E-state index < -0.39 is 0 Å². The van der Waals surface area contributed by atoms with E-state index in [1.54, 1.807) is 31.6 Å². The Morgan fingerprint density at radius 3 is 2.69 bits per heavy atom. The second-order valence-corrected chi connectivity index (χ2v) is 5.81. The summed E-state index contributed by atoms with van der Waals surface area (Å²) in [5, 5.41) is 1.40. The molecule has 0 aliphatic carbocycles. The second kappa shape index (κ2) is 6.44. The fraction of sp³-hybridized carbons (Fsp3) is 0.158. The van der Waals surface area contributed by atoms with Crippen molar-refractivity contribution in [2.24, 2.45) is 0 Å². The van der Waals surface area contributed by atoms with E-state index in [2.05, 4.69) is 19.9 Å². The van der Waals surface area contributed by atoms with Crippen molar-refractivity contribution < 1.29 is 9.47 Å². The van der Waals surface area contributed by atoms with Crippen LogP contribution in [-0.2, 0) is 6.42 Å². The number of pyridine rings is 2. The molecule has 1 N–H and O–H groups in total. The van der Waals surface area contributed by atoms with Crippen LogP contribution in [0, 0.1) is 0 Å². The molecule has 26 heavy (non-hydrogen) atoms. The summed E-state index contributed by atoms with van der Waals surface area (Å²) < 4.78 is 10.5. The average molecular weight is 348 g/mol. The number of hydrogen-bond acceptors (Lipinski definition) is 6. The van der Waals surface area contributed by atoms with E-state index in [1.807, 2.05) is 18.2 Å². The fourth-order valence-corrected chi connectivity index (χ4v) is 2.90. The first-order valence-corrected chi connectivity index (χ1v) is 8.02. The van der Waals surface area contributed by atoms with Crippen LogP contribution in [0.1, 0.15) is 11.4 Å². The molecule has 0 unspecified atom stereocenters. The molecular weight excluding hydrogens is 332 g/mol. The van der Waals surface area contributed by atoms with E-state index in [0.717, 1.165) is 10.9 Å². The van der Waals surface area contributed by atoms with Crippen LogP contribution in [0.25, 0.3) is 21.9 Å². The Morgan fingerprint density at radius 1 is 1.08 bits per heavy atom. The third kappa shape index (κ3) is 2.83. The lowest BCUT2D eigenvalue weighted by atomic mass is 10.1. The van der Waals surface area contributed by atoms with Gasteiger partial charge in [-0.25, -0.2) is 15.0 Å². The summed E-state index contributed by atoms with van der Waals surface area (Å²) in [5.41, 5.74) is 1.96. The van der Waals surface area contributed by atoms with Crippen molar-refractivity contribution in [2.75, 3.05) is 14.2 Å². The number of H-pyrrole nitrogens is 1. The molecule has 0 spiro atoms. The quantitative estimate of drug-likeness (QED) is 0.609. The zero-order valence-electron chi connectivity index (χ0n) is 14.3. The standard InChI is InChI=1S/C19H16N4O3/c1-25-15-8-13-14(9-16(15)26-2)22-17(23-19(13)24)7-11-6-12-4-3-5-20-18(12)21-10-11/h3-6,8-10H,7H2,1-2H3,(H,22,23,24). The molecule has 130 valence electrons. The number of hydrogen-bond donors (Lipinski definition) is 1. The molecule has 0 saturated carbocycles. The Hall–Kier alpha value is -3.48. The number of benzene rings is 1. The number of fused-ring (bicyclic) bond motifs is 2. The maximum absolute atomic E-state index is 12.5. The molecule has 0 atom stereocenters. The van der Waals surface area contributed by atoms with Gasteiger partial charge in [-0.05, 0) is 29.8 Å². The minimum absolute atomic E-state index is 0.221. The highest BCUT2D eigenvalue weighted by molar-refractivity contribution is 5.82. The third-order valence-electron chi connectivity index (χ3n) is 4.14. The Labute approximate surface area is 148 Å². The van der Waals surface area contributed by atoms with Gasteiger partial charge in [0.05, 0.1) is 25.1 Å². The highest BCUT2D eigenvalue weighted by atomic mass is 16.5. The van der Waals surface area contributed by atoms with Crippen molar-refractivity contribution in [1.29, 1.82) is 0 Å². The van der Waals surface area contributed by atoms with Crippen LogP contribution in [0.3, 0.4) is 0 Å². The number of rotatable bonds is 4. The smallest absolute Gasteiger partial charge is 0.258 e. The molecule has 0 fully saturated rings. The normalized spacial score (nSPS) is 11.0. The van der Waals surface area contributed by atoms with Gasteiger partial charge < -0.3 is 14.5 Å². The second-order valence-electron chi connectivity index (χ2n) is 5.81. The molecule has 1 aromatic carbocycles. The first kappa shape index (κ1) is 16.0. The summed E-state index contributed by atoms with van der Waals surface area (Å²) in [4.78, 5) is 28.4. The van der Waals surface area contributed by atoms with Crippen molar-refractivity contribution in [2.45, 2.75) is 6.42 Å². The predicted octanol–water partition coefficient (Wildman–Crippen LogP) is 2.47. The summed E-state index contributed by atoms with van der Waals surface area (Å²) in [6.45, 7) is 0. The molecule has 3 heterocycles. The Morgan fingerprint density at radius 2 is 1.88 bits per heavy atom. The maximum Gasteiger partial charge on any atom is 0.258 e. The number of nitrogens with zero attached hydrogens (tertiary/aromatic N) is 3. The van der Waals surface area contributed by atoms with Crippen LogP contribution in [-0.4, -0.2) is 34.2 Å². The molecule has 4 aromatic rings. The van der Waals surface area contributed by atoms with E-state index in [9.17, 15) is 4.79 Å². The zero-order chi connectivity index (χ0) is 18.1. The molecule has 0 saturated heterocycles. The van der Waals surface area contributed by atoms with Crippen LogP contribution in [0.15, 0.2) is 47.5 Å². The van der Waals surface area contributed by atoms with Gasteiger partial charge in [-0.1, -0.05) is 0 Å². The minimum atomic E-state index is -0.221. The van der Waals surface area contributed by atoms with Gasteiger partial charge in [0.25, 0.3) is 5.56 Å². The van der Waals surface area contributed by atoms with Gasteiger partial charge in [0.15, 0.2) is 17.1 Å². The molecule has 0 aliphatic heterocycles. The van der Waals surface area contributed by atoms with E-state index in [-0.39, 0.29) is 5.56 Å². The fourth-order valence-electron chi connectivity index (χ4n) is 2.90.